The molecule has 32 heavy (non-hydrogen) atoms. The number of aryl methyl sites for hydroxylation is 2. The second-order valence-electron chi connectivity index (χ2n) is 8.54. The third-order valence-electron chi connectivity index (χ3n) is 6.18. The maximum absolute atomic E-state index is 6.56. The van der Waals surface area contributed by atoms with Gasteiger partial charge in [0.2, 0.25) is 0 Å². The Morgan fingerprint density at radius 1 is 1.19 bits per heavy atom. The molecule has 170 valence electrons. The van der Waals surface area contributed by atoms with Gasteiger partial charge in [0, 0.05) is 18.3 Å². The van der Waals surface area contributed by atoms with Crippen LogP contribution >= 0.6 is 0 Å². The molecule has 0 amide bonds. The molecule has 0 aliphatic carbocycles. The molecule has 0 bridgehead atoms. The van der Waals surface area contributed by atoms with E-state index in [0.717, 1.165) is 11.3 Å². The molecule has 1 fully saturated rings. The lowest BCUT2D eigenvalue weighted by Gasteiger charge is -2.34. The summed E-state index contributed by atoms with van der Waals surface area (Å²) >= 11 is 0. The standard InChI is InChI=1S/C26H32N2O4/c1-19-5-6-23(20(2)13-19)14-30-15-25-16-31-26(32-25,17-28-12-11-27-18-28)21(3)22-7-9-24(29-4)10-8-22/h5-13,18,21,25H,14-17H2,1-4H3. The van der Waals surface area contributed by atoms with Crippen molar-refractivity contribution in [1.29, 1.82) is 0 Å². The van der Waals surface area contributed by atoms with Crippen molar-refractivity contribution < 1.29 is 18.9 Å². The van der Waals surface area contributed by atoms with Crippen molar-refractivity contribution in [3.05, 3.63) is 83.4 Å². The lowest BCUT2D eigenvalue weighted by atomic mass is 9.91. The number of methoxy groups -OCH3 is 1. The van der Waals surface area contributed by atoms with Crippen molar-refractivity contribution in [1.82, 2.24) is 9.55 Å². The van der Waals surface area contributed by atoms with Crippen LogP contribution in [0.3, 0.4) is 0 Å². The summed E-state index contributed by atoms with van der Waals surface area (Å²) < 4.78 is 26.2. The molecule has 4 rings (SSSR count). The van der Waals surface area contributed by atoms with Crippen molar-refractivity contribution in [3.8, 4) is 5.75 Å². The molecule has 2 aromatic carbocycles. The Morgan fingerprint density at radius 2 is 2.00 bits per heavy atom. The van der Waals surface area contributed by atoms with E-state index < -0.39 is 5.79 Å². The van der Waals surface area contributed by atoms with Crippen LogP contribution in [0, 0.1) is 13.8 Å². The zero-order valence-electron chi connectivity index (χ0n) is 19.3. The number of aromatic nitrogens is 2. The van der Waals surface area contributed by atoms with Crippen LogP contribution in [-0.2, 0) is 27.4 Å². The summed E-state index contributed by atoms with van der Waals surface area (Å²) in [6, 6.07) is 14.5. The van der Waals surface area contributed by atoms with Gasteiger partial charge in [0.1, 0.15) is 11.9 Å². The smallest absolute Gasteiger partial charge is 0.193 e. The summed E-state index contributed by atoms with van der Waals surface area (Å²) in [4.78, 5) is 4.18. The first-order valence-corrected chi connectivity index (χ1v) is 11.0. The van der Waals surface area contributed by atoms with Gasteiger partial charge in [0.15, 0.2) is 5.79 Å². The molecule has 3 aromatic rings. The Bertz CT molecular complexity index is 1000. The highest BCUT2D eigenvalue weighted by Gasteiger charge is 2.47. The van der Waals surface area contributed by atoms with Crippen LogP contribution in [-0.4, -0.2) is 41.8 Å². The van der Waals surface area contributed by atoms with Crippen LogP contribution in [0.1, 0.15) is 35.1 Å². The quantitative estimate of drug-likeness (QED) is 0.489. The molecule has 3 atom stereocenters. The van der Waals surface area contributed by atoms with Gasteiger partial charge in [-0.2, -0.15) is 0 Å². The predicted octanol–water partition coefficient (Wildman–Crippen LogP) is 4.64. The van der Waals surface area contributed by atoms with Crippen LogP contribution in [0.15, 0.2) is 61.2 Å². The molecule has 1 aliphatic heterocycles. The highest BCUT2D eigenvalue weighted by atomic mass is 16.8. The molecule has 0 radical (unpaired) electrons. The van der Waals surface area contributed by atoms with Gasteiger partial charge < -0.3 is 23.5 Å². The molecule has 2 heterocycles. The molecule has 6 nitrogen and oxygen atoms in total. The van der Waals surface area contributed by atoms with Gasteiger partial charge in [-0.15, -0.1) is 0 Å². The van der Waals surface area contributed by atoms with Crippen LogP contribution in [0.25, 0.3) is 0 Å². The second kappa shape index (κ2) is 9.86. The molecule has 0 saturated carbocycles. The van der Waals surface area contributed by atoms with Crippen LogP contribution in [0.2, 0.25) is 0 Å². The van der Waals surface area contributed by atoms with Gasteiger partial charge >= 0.3 is 0 Å². The summed E-state index contributed by atoms with van der Waals surface area (Å²) in [6.07, 6.45) is 5.36. The van der Waals surface area contributed by atoms with Gasteiger partial charge in [-0.25, -0.2) is 4.98 Å². The first-order valence-electron chi connectivity index (χ1n) is 11.0. The Morgan fingerprint density at radius 3 is 2.69 bits per heavy atom. The minimum atomic E-state index is -0.802. The zero-order valence-corrected chi connectivity index (χ0v) is 19.3. The first kappa shape index (κ1) is 22.5. The number of nitrogens with zero attached hydrogens (tertiary/aromatic N) is 2. The molecule has 0 N–H and O–H groups in total. The number of hydrogen-bond acceptors (Lipinski definition) is 5. The van der Waals surface area contributed by atoms with Gasteiger partial charge in [0.05, 0.1) is 39.8 Å². The second-order valence-corrected chi connectivity index (χ2v) is 8.54. The number of imidazole rings is 1. The number of benzene rings is 2. The van der Waals surface area contributed by atoms with Crippen LogP contribution in [0.4, 0.5) is 0 Å². The molecule has 0 spiro atoms. The van der Waals surface area contributed by atoms with Crippen molar-refractivity contribution in [2.45, 2.75) is 51.7 Å². The van der Waals surface area contributed by atoms with Gasteiger partial charge in [-0.3, -0.25) is 0 Å². The van der Waals surface area contributed by atoms with E-state index in [1.807, 2.05) is 22.9 Å². The normalized spacial score (nSPS) is 21.6. The number of ether oxygens (including phenoxy) is 4. The van der Waals surface area contributed by atoms with Crippen LogP contribution < -0.4 is 4.74 Å². The van der Waals surface area contributed by atoms with Gasteiger partial charge in [-0.05, 0) is 42.7 Å². The van der Waals surface area contributed by atoms with E-state index in [1.165, 1.54) is 16.7 Å². The number of rotatable bonds is 9. The zero-order chi connectivity index (χ0) is 22.6. The minimum Gasteiger partial charge on any atom is -0.497 e. The first-order chi connectivity index (χ1) is 15.5. The van der Waals surface area contributed by atoms with Crippen molar-refractivity contribution in [2.75, 3.05) is 20.3 Å². The summed E-state index contributed by atoms with van der Waals surface area (Å²) in [5.41, 5.74) is 4.83. The fourth-order valence-electron chi connectivity index (χ4n) is 4.20. The van der Waals surface area contributed by atoms with Crippen molar-refractivity contribution >= 4 is 0 Å². The Balaban J connectivity index is 1.45. The molecule has 1 aromatic heterocycles. The summed E-state index contributed by atoms with van der Waals surface area (Å²) in [7, 11) is 1.67. The largest absolute Gasteiger partial charge is 0.497 e. The lowest BCUT2D eigenvalue weighted by molar-refractivity contribution is -0.196. The lowest BCUT2D eigenvalue weighted by Crippen LogP contribution is -2.41. The van der Waals surface area contributed by atoms with E-state index in [-0.39, 0.29) is 12.0 Å². The van der Waals surface area contributed by atoms with E-state index >= 15 is 0 Å². The predicted molar refractivity (Wildman–Crippen MR) is 123 cm³/mol. The Labute approximate surface area is 190 Å². The average molecular weight is 437 g/mol. The molecular weight excluding hydrogens is 404 g/mol. The van der Waals surface area contributed by atoms with E-state index in [4.69, 9.17) is 18.9 Å². The summed E-state index contributed by atoms with van der Waals surface area (Å²) in [6.45, 7) is 8.44. The fraction of sp³-hybridized carbons (Fsp3) is 0.423. The van der Waals surface area contributed by atoms with Gasteiger partial charge in [-0.1, -0.05) is 42.8 Å². The fourth-order valence-corrected chi connectivity index (χ4v) is 4.20. The maximum Gasteiger partial charge on any atom is 0.193 e. The molecule has 1 aliphatic rings. The van der Waals surface area contributed by atoms with Crippen molar-refractivity contribution in [3.63, 3.8) is 0 Å². The SMILES string of the molecule is COc1ccc(C(C)C2(Cn3ccnc3)OCC(COCc3ccc(C)cc3C)O2)cc1. The average Bonchev–Trinajstić information content (AvgIpc) is 3.46. The highest BCUT2D eigenvalue weighted by Crippen LogP contribution is 2.39. The van der Waals surface area contributed by atoms with Gasteiger partial charge in [0.25, 0.3) is 0 Å². The Hall–Kier alpha value is -2.67. The highest BCUT2D eigenvalue weighted by molar-refractivity contribution is 5.31. The number of hydrogen-bond donors (Lipinski definition) is 0. The van der Waals surface area contributed by atoms with E-state index in [0.29, 0.717) is 26.4 Å². The molecular formula is C26H32N2O4. The summed E-state index contributed by atoms with van der Waals surface area (Å²) in [5.74, 6) is 0.0269. The maximum atomic E-state index is 6.56. The van der Waals surface area contributed by atoms with E-state index in [9.17, 15) is 0 Å². The van der Waals surface area contributed by atoms with Crippen molar-refractivity contribution in [2.24, 2.45) is 0 Å². The van der Waals surface area contributed by atoms with E-state index in [1.54, 1.807) is 19.6 Å². The minimum absolute atomic E-state index is 0.000138. The molecule has 1 saturated heterocycles. The molecule has 3 unspecified atom stereocenters. The third kappa shape index (κ3) is 5.04. The topological polar surface area (TPSA) is 54.7 Å². The van der Waals surface area contributed by atoms with E-state index in [2.05, 4.69) is 56.1 Å². The summed E-state index contributed by atoms with van der Waals surface area (Å²) in [5, 5.41) is 0. The monoisotopic (exact) mass is 436 g/mol. The molecule has 6 heteroatoms. The Kier molecular flexibility index (Phi) is 6.94. The third-order valence-corrected chi connectivity index (χ3v) is 6.18. The van der Waals surface area contributed by atoms with Crippen LogP contribution in [0.5, 0.6) is 5.75 Å².